The van der Waals surface area contributed by atoms with Crippen LogP contribution in [-0.4, -0.2) is 73.3 Å². The van der Waals surface area contributed by atoms with Gasteiger partial charge in [-0.25, -0.2) is 19.6 Å². The maximum Gasteiger partial charge on any atom is 0.338 e. The van der Waals surface area contributed by atoms with E-state index >= 15 is 0 Å². The fraction of sp³-hybridized carbons (Fsp3) is 0.391. The first-order chi connectivity index (χ1) is 16.1. The number of rotatable bonds is 7. The number of aromatic nitrogens is 2. The monoisotopic (exact) mass is 452 g/mol. The van der Waals surface area contributed by atoms with Crippen LogP contribution in [0.2, 0.25) is 0 Å². The van der Waals surface area contributed by atoms with Gasteiger partial charge in [-0.3, -0.25) is 4.90 Å². The number of carbonyl (C=O) groups excluding carboxylic acids is 2. The van der Waals surface area contributed by atoms with E-state index in [0.717, 1.165) is 31.7 Å². The molecule has 1 fully saturated rings. The van der Waals surface area contributed by atoms with Crippen molar-refractivity contribution in [3.63, 3.8) is 0 Å². The predicted molar refractivity (Wildman–Crippen MR) is 122 cm³/mol. The molecule has 1 atom stereocenters. The SMILES string of the molecule is CCOC(=O)C1=C(CN2CCN(c3ncccn3)CC2)NC(=O)NC1c1cccc(OC)c1. The Balaban J connectivity index is 1.57. The number of methoxy groups -OCH3 is 1. The average Bonchev–Trinajstić information content (AvgIpc) is 2.85. The lowest BCUT2D eigenvalue weighted by Gasteiger charge is -2.37. The van der Waals surface area contributed by atoms with E-state index in [1.165, 1.54) is 0 Å². The summed E-state index contributed by atoms with van der Waals surface area (Å²) in [5.41, 5.74) is 1.70. The minimum atomic E-state index is -0.637. The van der Waals surface area contributed by atoms with E-state index in [9.17, 15) is 9.59 Å². The summed E-state index contributed by atoms with van der Waals surface area (Å²) in [4.78, 5) is 38.5. The fourth-order valence-corrected chi connectivity index (χ4v) is 4.05. The van der Waals surface area contributed by atoms with Crippen molar-refractivity contribution in [3.8, 4) is 5.75 Å². The Bertz CT molecular complexity index is 1020. The highest BCUT2D eigenvalue weighted by Gasteiger charge is 2.35. The number of ether oxygens (including phenoxy) is 2. The minimum Gasteiger partial charge on any atom is -0.497 e. The van der Waals surface area contributed by atoms with E-state index in [1.807, 2.05) is 24.3 Å². The van der Waals surface area contributed by atoms with Crippen molar-refractivity contribution < 1.29 is 19.1 Å². The molecule has 0 bridgehead atoms. The van der Waals surface area contributed by atoms with Crippen molar-refractivity contribution in [1.29, 1.82) is 0 Å². The molecule has 1 aromatic heterocycles. The van der Waals surface area contributed by atoms with Crippen LogP contribution >= 0.6 is 0 Å². The van der Waals surface area contributed by atoms with Crippen LogP contribution in [0, 0.1) is 0 Å². The normalized spacial score (nSPS) is 19.0. The quantitative estimate of drug-likeness (QED) is 0.608. The number of nitrogens with zero attached hydrogens (tertiary/aromatic N) is 4. The Hall–Kier alpha value is -3.66. The lowest BCUT2D eigenvalue weighted by molar-refractivity contribution is -0.139. The number of piperazine rings is 1. The van der Waals surface area contributed by atoms with Gasteiger partial charge in [-0.1, -0.05) is 12.1 Å². The first-order valence-electron chi connectivity index (χ1n) is 10.9. The van der Waals surface area contributed by atoms with Crippen molar-refractivity contribution in [1.82, 2.24) is 25.5 Å². The lowest BCUT2D eigenvalue weighted by Crippen LogP contribution is -2.52. The molecular weight excluding hydrogens is 424 g/mol. The number of benzene rings is 1. The van der Waals surface area contributed by atoms with E-state index in [4.69, 9.17) is 9.47 Å². The van der Waals surface area contributed by atoms with Crippen LogP contribution in [0.4, 0.5) is 10.7 Å². The molecular formula is C23H28N6O4. The fourth-order valence-electron chi connectivity index (χ4n) is 4.05. The van der Waals surface area contributed by atoms with Crippen molar-refractivity contribution in [2.45, 2.75) is 13.0 Å². The van der Waals surface area contributed by atoms with Gasteiger partial charge in [0.15, 0.2) is 0 Å². The van der Waals surface area contributed by atoms with Gasteiger partial charge in [0.25, 0.3) is 0 Å². The molecule has 1 saturated heterocycles. The number of anilines is 1. The smallest absolute Gasteiger partial charge is 0.338 e. The van der Waals surface area contributed by atoms with Gasteiger partial charge < -0.3 is 25.0 Å². The second kappa shape index (κ2) is 10.3. The summed E-state index contributed by atoms with van der Waals surface area (Å²) in [6.07, 6.45) is 3.46. The number of carbonyl (C=O) groups is 2. The molecule has 0 radical (unpaired) electrons. The molecule has 2 aliphatic rings. The van der Waals surface area contributed by atoms with E-state index < -0.39 is 12.0 Å². The zero-order chi connectivity index (χ0) is 23.2. The van der Waals surface area contributed by atoms with Crippen molar-refractivity contribution in [3.05, 3.63) is 59.6 Å². The van der Waals surface area contributed by atoms with E-state index in [1.54, 1.807) is 32.5 Å². The third-order valence-corrected chi connectivity index (χ3v) is 5.67. The van der Waals surface area contributed by atoms with Crippen LogP contribution in [0.15, 0.2) is 54.0 Å². The van der Waals surface area contributed by atoms with Gasteiger partial charge in [0, 0.05) is 50.8 Å². The van der Waals surface area contributed by atoms with Gasteiger partial charge in [0.05, 0.1) is 25.3 Å². The zero-order valence-corrected chi connectivity index (χ0v) is 18.8. The van der Waals surface area contributed by atoms with E-state index in [2.05, 4.69) is 30.4 Å². The van der Waals surface area contributed by atoms with Gasteiger partial charge >= 0.3 is 12.0 Å². The summed E-state index contributed by atoms with van der Waals surface area (Å²) < 4.78 is 10.7. The summed E-state index contributed by atoms with van der Waals surface area (Å²) in [6, 6.07) is 8.11. The number of hydrogen-bond acceptors (Lipinski definition) is 8. The predicted octanol–water partition coefficient (Wildman–Crippen LogP) is 1.48. The molecule has 10 heteroatoms. The molecule has 33 heavy (non-hydrogen) atoms. The topological polar surface area (TPSA) is 109 Å². The molecule has 1 unspecified atom stereocenters. The molecule has 0 saturated carbocycles. The van der Waals surface area contributed by atoms with Crippen LogP contribution in [-0.2, 0) is 9.53 Å². The highest BCUT2D eigenvalue weighted by molar-refractivity contribution is 5.95. The highest BCUT2D eigenvalue weighted by Crippen LogP contribution is 2.30. The molecule has 10 nitrogen and oxygen atoms in total. The van der Waals surface area contributed by atoms with Crippen LogP contribution < -0.4 is 20.3 Å². The summed E-state index contributed by atoms with van der Waals surface area (Å²) in [6.45, 7) is 5.40. The Morgan fingerprint density at radius 1 is 1.15 bits per heavy atom. The Kier molecular flexibility index (Phi) is 7.04. The molecule has 0 aliphatic carbocycles. The van der Waals surface area contributed by atoms with Gasteiger partial charge in [-0.05, 0) is 30.7 Å². The van der Waals surface area contributed by atoms with E-state index in [0.29, 0.717) is 29.5 Å². The average molecular weight is 453 g/mol. The molecule has 2 amide bonds. The molecule has 2 aromatic rings. The van der Waals surface area contributed by atoms with Gasteiger partial charge in [0.1, 0.15) is 5.75 Å². The van der Waals surface area contributed by atoms with Gasteiger partial charge in [0.2, 0.25) is 5.95 Å². The Morgan fingerprint density at radius 2 is 1.91 bits per heavy atom. The number of amides is 2. The maximum atomic E-state index is 13.0. The first kappa shape index (κ1) is 22.5. The second-order valence-electron chi connectivity index (χ2n) is 7.73. The van der Waals surface area contributed by atoms with E-state index in [-0.39, 0.29) is 12.6 Å². The second-order valence-corrected chi connectivity index (χ2v) is 7.73. The summed E-state index contributed by atoms with van der Waals surface area (Å²) in [7, 11) is 1.58. The third kappa shape index (κ3) is 5.23. The molecule has 2 aliphatic heterocycles. The van der Waals surface area contributed by atoms with Crippen LogP contribution in [0.1, 0.15) is 18.5 Å². The molecule has 174 valence electrons. The van der Waals surface area contributed by atoms with Crippen molar-refractivity contribution >= 4 is 17.9 Å². The summed E-state index contributed by atoms with van der Waals surface area (Å²) in [5, 5.41) is 5.70. The zero-order valence-electron chi connectivity index (χ0n) is 18.8. The molecule has 2 N–H and O–H groups in total. The number of urea groups is 1. The van der Waals surface area contributed by atoms with Crippen LogP contribution in [0.5, 0.6) is 5.75 Å². The lowest BCUT2D eigenvalue weighted by atomic mass is 9.94. The van der Waals surface area contributed by atoms with Crippen molar-refractivity contribution in [2.24, 2.45) is 0 Å². The Labute approximate surface area is 192 Å². The highest BCUT2D eigenvalue weighted by atomic mass is 16.5. The molecule has 3 heterocycles. The number of hydrogen-bond donors (Lipinski definition) is 2. The molecule has 1 aromatic carbocycles. The summed E-state index contributed by atoms with van der Waals surface area (Å²) in [5.74, 6) is 0.894. The number of nitrogens with one attached hydrogen (secondary N) is 2. The van der Waals surface area contributed by atoms with Gasteiger partial charge in [-0.15, -0.1) is 0 Å². The van der Waals surface area contributed by atoms with Crippen molar-refractivity contribution in [2.75, 3.05) is 51.3 Å². The Morgan fingerprint density at radius 3 is 2.61 bits per heavy atom. The third-order valence-electron chi connectivity index (χ3n) is 5.67. The summed E-state index contributed by atoms with van der Waals surface area (Å²) >= 11 is 0. The van der Waals surface area contributed by atoms with Crippen LogP contribution in [0.25, 0.3) is 0 Å². The first-order valence-corrected chi connectivity index (χ1v) is 10.9. The maximum absolute atomic E-state index is 13.0. The number of esters is 1. The minimum absolute atomic E-state index is 0.240. The molecule has 4 rings (SSSR count). The molecule has 0 spiro atoms. The van der Waals surface area contributed by atoms with Gasteiger partial charge in [-0.2, -0.15) is 0 Å². The van der Waals surface area contributed by atoms with Crippen LogP contribution in [0.3, 0.4) is 0 Å². The largest absolute Gasteiger partial charge is 0.497 e. The standard InChI is InChI=1S/C23H28N6O4/c1-3-33-21(30)19-18(15-28-10-12-29(13-11-28)22-24-8-5-9-25-22)26-23(31)27-20(19)16-6-4-7-17(14-16)32-2/h4-9,14,20H,3,10-13,15H2,1-2H3,(H2,26,27,31).